The van der Waals surface area contributed by atoms with Gasteiger partial charge in [-0.25, -0.2) is 0 Å². The molecular weight excluding hydrogens is 151 g/mol. The Morgan fingerprint density at radius 3 is 1.00 bits per heavy atom. The molecule has 0 aromatic heterocycles. The van der Waals surface area contributed by atoms with E-state index in [-0.39, 0.29) is 0 Å². The van der Waals surface area contributed by atoms with E-state index in [0.29, 0.717) is 0 Å². The van der Waals surface area contributed by atoms with Gasteiger partial charge < -0.3 is 19.8 Å². The van der Waals surface area contributed by atoms with Gasteiger partial charge in [0.1, 0.15) is 0 Å². The molecule has 56 valence electrons. The van der Waals surface area contributed by atoms with Crippen molar-refractivity contribution in [2.75, 3.05) is 0 Å². The minimum absolute atomic E-state index is 0.972. The molecule has 0 aliphatic heterocycles. The summed E-state index contributed by atoms with van der Waals surface area (Å²) >= 11 is 2.42. The van der Waals surface area contributed by atoms with E-state index in [1.807, 2.05) is 5.79 Å². The molecule has 0 N–H and O–H groups in total. The second kappa shape index (κ2) is 15.8. The van der Waals surface area contributed by atoms with E-state index < -0.39 is 11.9 Å². The zero-order valence-corrected chi connectivity index (χ0v) is 7.37. The summed E-state index contributed by atoms with van der Waals surface area (Å²) in [6, 6.07) is 0. The molecule has 0 radical (unpaired) electrons. The second-order valence-electron chi connectivity index (χ2n) is 0.983. The molecule has 5 heteroatoms. The quantitative estimate of drug-likeness (QED) is 0.374. The van der Waals surface area contributed by atoms with Crippen LogP contribution in [0.25, 0.3) is 0 Å². The van der Waals surface area contributed by atoms with Crippen LogP contribution in [0.1, 0.15) is 13.8 Å². The zero-order valence-electron chi connectivity index (χ0n) is 6.21. The van der Waals surface area contributed by atoms with Crippen molar-refractivity contribution in [1.29, 1.82) is 0 Å². The van der Waals surface area contributed by atoms with Gasteiger partial charge in [0.25, 0.3) is 0 Å². The van der Waals surface area contributed by atoms with E-state index in [1.165, 1.54) is 0 Å². The molecule has 0 saturated carbocycles. The third-order valence-electron chi connectivity index (χ3n) is 0. The van der Waals surface area contributed by atoms with Crippen molar-refractivity contribution in [2.24, 2.45) is 0 Å². The van der Waals surface area contributed by atoms with Crippen LogP contribution < -0.4 is 10.2 Å². The molecule has 0 amide bonds. The Kier molecular flexibility index (Phi) is 25.6. The molecule has 0 rings (SSSR count). The zero-order chi connectivity index (χ0) is 9.15. The summed E-state index contributed by atoms with van der Waals surface area (Å²) in [6.07, 6.45) is 0. The molecule has 0 fully saturated rings. The first kappa shape index (κ1) is 16.2. The maximum absolute atomic E-state index is 8.89. The SMILES string of the molecule is CC(=O)[O-].CC(=O)[O-].[CH3][Al+2]. The van der Waals surface area contributed by atoms with E-state index in [0.717, 1.165) is 13.8 Å². The fraction of sp³-hybridized carbons (Fsp3) is 0.600. The molecule has 10 heavy (non-hydrogen) atoms. The number of carbonyl (C=O) groups excluding carboxylic acids is 2. The Morgan fingerprint density at radius 1 is 1.00 bits per heavy atom. The van der Waals surface area contributed by atoms with Crippen LogP contribution in [0.3, 0.4) is 0 Å². The van der Waals surface area contributed by atoms with Gasteiger partial charge in [0.2, 0.25) is 0 Å². The Balaban J connectivity index is -0.0000000787. The Bertz CT molecular complexity index is 71.6. The van der Waals surface area contributed by atoms with Crippen molar-refractivity contribution in [3.05, 3.63) is 0 Å². The number of hydrogen-bond acceptors (Lipinski definition) is 4. The number of carboxylic acid groups (broad SMARTS) is 2. The third-order valence-corrected chi connectivity index (χ3v) is 0. The molecule has 0 aliphatic rings. The normalized spacial score (nSPS) is 5.70. The van der Waals surface area contributed by atoms with Gasteiger partial charge in [0.15, 0.2) is 0 Å². The van der Waals surface area contributed by atoms with Crippen molar-refractivity contribution < 1.29 is 19.8 Å². The molecule has 0 saturated heterocycles. The summed E-state index contributed by atoms with van der Waals surface area (Å²) in [6.45, 7) is 1.94. The van der Waals surface area contributed by atoms with Crippen molar-refractivity contribution in [3.8, 4) is 0 Å². The summed E-state index contributed by atoms with van der Waals surface area (Å²) in [5, 5.41) is 17.8. The van der Waals surface area contributed by atoms with Gasteiger partial charge in [-0.2, -0.15) is 0 Å². The van der Waals surface area contributed by atoms with Gasteiger partial charge in [0, 0.05) is 11.9 Å². The molecule has 0 aromatic carbocycles. The number of aliphatic carboxylic acids is 2. The van der Waals surface area contributed by atoms with Gasteiger partial charge in [0.05, 0.1) is 0 Å². The fourth-order valence-corrected chi connectivity index (χ4v) is 0. The topological polar surface area (TPSA) is 80.3 Å². The van der Waals surface area contributed by atoms with Crippen molar-refractivity contribution in [3.63, 3.8) is 0 Å². The van der Waals surface area contributed by atoms with Crippen molar-refractivity contribution >= 4 is 28.2 Å². The number of carbonyl (C=O) groups is 2. The minimum atomic E-state index is -1.08. The van der Waals surface area contributed by atoms with Gasteiger partial charge in [-0.3, -0.25) is 0 Å². The number of hydrogen-bond donors (Lipinski definition) is 0. The second-order valence-corrected chi connectivity index (χ2v) is 0.983. The summed E-state index contributed by atoms with van der Waals surface area (Å²) in [5.74, 6) is -0.250. The summed E-state index contributed by atoms with van der Waals surface area (Å²) < 4.78 is 0. The molecule has 0 aliphatic carbocycles. The first-order valence-electron chi connectivity index (χ1n) is 2.39. The molecule has 0 atom stereocenters. The van der Waals surface area contributed by atoms with Gasteiger partial charge in [-0.1, -0.05) is 0 Å². The Hall–Kier alpha value is -0.528. The van der Waals surface area contributed by atoms with Crippen LogP contribution in [0.2, 0.25) is 5.79 Å². The van der Waals surface area contributed by atoms with Crippen LogP contribution in [0.15, 0.2) is 0 Å². The van der Waals surface area contributed by atoms with Crippen LogP contribution in [0, 0.1) is 0 Å². The average molecular weight is 160 g/mol. The monoisotopic (exact) mass is 160 g/mol. The van der Waals surface area contributed by atoms with Crippen molar-refractivity contribution in [2.45, 2.75) is 19.6 Å². The maximum atomic E-state index is 8.89. The molecule has 0 heterocycles. The van der Waals surface area contributed by atoms with E-state index in [4.69, 9.17) is 19.8 Å². The summed E-state index contributed by atoms with van der Waals surface area (Å²) in [7, 11) is 0. The number of carboxylic acids is 2. The Morgan fingerprint density at radius 2 is 1.00 bits per heavy atom. The van der Waals surface area contributed by atoms with Crippen molar-refractivity contribution in [1.82, 2.24) is 0 Å². The van der Waals surface area contributed by atoms with E-state index in [2.05, 4.69) is 16.3 Å². The van der Waals surface area contributed by atoms with Crippen LogP contribution in [0.5, 0.6) is 0 Å². The first-order chi connectivity index (χ1) is 4.46. The van der Waals surface area contributed by atoms with Gasteiger partial charge >= 0.3 is 22.1 Å². The standard InChI is InChI=1S/2C2H4O2.CH3.Al/c2*1-2(3)4;;/h2*1H3,(H,3,4);1H3;/q;;;+2/p-2. The molecular formula is C5H9AlO4. The van der Waals surface area contributed by atoms with Crippen LogP contribution in [0.4, 0.5) is 0 Å². The molecule has 0 aromatic rings. The predicted octanol–water partition coefficient (Wildman–Crippen LogP) is -2.28. The first-order valence-corrected chi connectivity index (χ1v) is 3.55. The summed E-state index contributed by atoms with van der Waals surface area (Å²) in [4.78, 5) is 17.8. The number of rotatable bonds is 0. The van der Waals surface area contributed by atoms with Gasteiger partial charge in [-0.15, -0.1) is 0 Å². The Labute approximate surface area is 68.3 Å². The molecule has 0 spiro atoms. The molecule has 0 unspecified atom stereocenters. The van der Waals surface area contributed by atoms with Crippen LogP contribution in [-0.2, 0) is 9.59 Å². The predicted molar refractivity (Wildman–Crippen MR) is 33.0 cm³/mol. The van der Waals surface area contributed by atoms with E-state index >= 15 is 0 Å². The van der Waals surface area contributed by atoms with E-state index in [1.54, 1.807) is 0 Å². The average Bonchev–Trinajstić information content (AvgIpc) is 1.66. The third kappa shape index (κ3) is 1120. The van der Waals surface area contributed by atoms with E-state index in [9.17, 15) is 0 Å². The van der Waals surface area contributed by atoms with Gasteiger partial charge in [-0.05, 0) is 13.8 Å². The summed E-state index contributed by atoms with van der Waals surface area (Å²) in [5.41, 5.74) is 0. The van der Waals surface area contributed by atoms with Crippen LogP contribution >= 0.6 is 0 Å². The molecule has 0 bridgehead atoms. The van der Waals surface area contributed by atoms with Crippen LogP contribution in [-0.4, -0.2) is 28.2 Å². The molecule has 4 nitrogen and oxygen atoms in total. The fourth-order valence-electron chi connectivity index (χ4n) is 0.